The van der Waals surface area contributed by atoms with Crippen LogP contribution in [0.15, 0.2) is 36.5 Å². The van der Waals surface area contributed by atoms with E-state index in [-0.39, 0.29) is 5.41 Å². The maximum atomic E-state index is 11.2. The van der Waals surface area contributed by atoms with Crippen LogP contribution >= 0.6 is 0 Å². The van der Waals surface area contributed by atoms with Crippen molar-refractivity contribution in [2.75, 3.05) is 5.32 Å². The highest BCUT2D eigenvalue weighted by atomic mass is 16.3. The molecule has 4 aliphatic carbocycles. The Kier molecular flexibility index (Phi) is 4.71. The molecular formula is C29H40N2O. The Labute approximate surface area is 193 Å². The van der Waals surface area contributed by atoms with Crippen LogP contribution in [0.2, 0.25) is 0 Å². The molecule has 1 aromatic heterocycles. The minimum absolute atomic E-state index is 0.135. The first-order valence-corrected chi connectivity index (χ1v) is 13.1. The van der Waals surface area contributed by atoms with Crippen LogP contribution in [0.25, 0.3) is 10.8 Å². The lowest BCUT2D eigenvalue weighted by atomic mass is 9.44. The fraction of sp³-hybridized carbons (Fsp3) is 0.690. The lowest BCUT2D eigenvalue weighted by Gasteiger charge is -2.61. The molecule has 172 valence electrons. The zero-order valence-corrected chi connectivity index (χ0v) is 20.1. The second-order valence-corrected chi connectivity index (χ2v) is 12.4. The van der Waals surface area contributed by atoms with Crippen LogP contribution < -0.4 is 5.32 Å². The van der Waals surface area contributed by atoms with Crippen molar-refractivity contribution in [2.45, 2.75) is 90.2 Å². The third-order valence-corrected chi connectivity index (χ3v) is 11.2. The molecule has 3 heteroatoms. The molecule has 3 nitrogen and oxygen atoms in total. The maximum Gasteiger partial charge on any atom is 0.134 e. The summed E-state index contributed by atoms with van der Waals surface area (Å²) in [6.45, 7) is 7.17. The lowest BCUT2D eigenvalue weighted by molar-refractivity contribution is -0.146. The molecule has 4 fully saturated rings. The van der Waals surface area contributed by atoms with E-state index in [2.05, 4.69) is 56.4 Å². The van der Waals surface area contributed by atoms with Gasteiger partial charge in [-0.2, -0.15) is 0 Å². The van der Waals surface area contributed by atoms with E-state index in [4.69, 9.17) is 4.98 Å². The van der Waals surface area contributed by atoms with Gasteiger partial charge in [-0.25, -0.2) is 4.98 Å². The number of pyridine rings is 1. The highest BCUT2D eigenvalue weighted by Crippen LogP contribution is 2.68. The van der Waals surface area contributed by atoms with Crippen LogP contribution in [0.3, 0.4) is 0 Å². The zero-order chi connectivity index (χ0) is 22.1. The largest absolute Gasteiger partial charge is 0.390 e. The summed E-state index contributed by atoms with van der Waals surface area (Å²) in [5, 5.41) is 17.5. The molecule has 0 bridgehead atoms. The van der Waals surface area contributed by atoms with Gasteiger partial charge in [0.15, 0.2) is 0 Å². The van der Waals surface area contributed by atoms with Crippen LogP contribution in [-0.4, -0.2) is 21.7 Å². The molecule has 0 spiro atoms. The number of hydrogen-bond acceptors (Lipinski definition) is 3. The zero-order valence-electron chi connectivity index (χ0n) is 20.1. The van der Waals surface area contributed by atoms with Crippen LogP contribution in [-0.2, 0) is 0 Å². The van der Waals surface area contributed by atoms with Crippen molar-refractivity contribution < 1.29 is 5.11 Å². The Hall–Kier alpha value is -1.61. The summed E-state index contributed by atoms with van der Waals surface area (Å²) < 4.78 is 0. The number of benzene rings is 1. The minimum atomic E-state index is -0.465. The van der Waals surface area contributed by atoms with Gasteiger partial charge in [0.05, 0.1) is 5.60 Å². The SMILES string of the molecule is C[C@]12CCC(Nc3nccc4ccccc34)C[C@@H]1CC[C@@H]1[C@@H]2CC[C@@]2(C)[C@H]1CC[C@]2(C)O. The average molecular weight is 433 g/mol. The van der Waals surface area contributed by atoms with Gasteiger partial charge in [0.1, 0.15) is 5.82 Å². The van der Waals surface area contributed by atoms with Gasteiger partial charge < -0.3 is 10.4 Å². The van der Waals surface area contributed by atoms with E-state index in [0.717, 1.165) is 35.9 Å². The predicted molar refractivity (Wildman–Crippen MR) is 132 cm³/mol. The van der Waals surface area contributed by atoms with Gasteiger partial charge >= 0.3 is 0 Å². The molecule has 0 aliphatic heterocycles. The quantitative estimate of drug-likeness (QED) is 0.548. The van der Waals surface area contributed by atoms with E-state index in [1.54, 1.807) is 0 Å². The molecule has 2 aromatic rings. The Balaban J connectivity index is 1.21. The number of nitrogens with one attached hydrogen (secondary N) is 1. The Bertz CT molecular complexity index is 1010. The molecule has 0 saturated heterocycles. The Morgan fingerprint density at radius 3 is 2.59 bits per heavy atom. The number of fused-ring (bicyclic) bond motifs is 6. The van der Waals surface area contributed by atoms with Gasteiger partial charge in [-0.1, -0.05) is 38.1 Å². The summed E-state index contributed by atoms with van der Waals surface area (Å²) in [7, 11) is 0. The maximum absolute atomic E-state index is 11.2. The van der Waals surface area contributed by atoms with Crippen LogP contribution in [0.1, 0.15) is 78.6 Å². The molecule has 4 saturated carbocycles. The Morgan fingerprint density at radius 2 is 1.72 bits per heavy atom. The van der Waals surface area contributed by atoms with E-state index >= 15 is 0 Å². The molecule has 1 heterocycles. The van der Waals surface area contributed by atoms with Gasteiger partial charge in [0.25, 0.3) is 0 Å². The topological polar surface area (TPSA) is 45.2 Å². The number of nitrogens with zero attached hydrogens (tertiary/aromatic N) is 1. The molecule has 8 atom stereocenters. The smallest absolute Gasteiger partial charge is 0.134 e. The second-order valence-electron chi connectivity index (χ2n) is 12.4. The number of rotatable bonds is 2. The van der Waals surface area contributed by atoms with Crippen molar-refractivity contribution in [1.29, 1.82) is 0 Å². The van der Waals surface area contributed by atoms with E-state index < -0.39 is 5.60 Å². The first-order chi connectivity index (χ1) is 15.3. The first kappa shape index (κ1) is 21.0. The van der Waals surface area contributed by atoms with Crippen molar-refractivity contribution in [3.05, 3.63) is 36.5 Å². The number of aromatic nitrogens is 1. The van der Waals surface area contributed by atoms with Crippen LogP contribution in [0.4, 0.5) is 5.82 Å². The molecule has 6 rings (SSSR count). The number of hydrogen-bond donors (Lipinski definition) is 2. The van der Waals surface area contributed by atoms with Gasteiger partial charge in [0, 0.05) is 17.6 Å². The van der Waals surface area contributed by atoms with Crippen molar-refractivity contribution in [3.63, 3.8) is 0 Å². The van der Waals surface area contributed by atoms with Crippen molar-refractivity contribution in [3.8, 4) is 0 Å². The highest BCUT2D eigenvalue weighted by Gasteiger charge is 2.63. The summed E-state index contributed by atoms with van der Waals surface area (Å²) in [6.07, 6.45) is 13.3. The molecule has 32 heavy (non-hydrogen) atoms. The molecule has 2 N–H and O–H groups in total. The summed E-state index contributed by atoms with van der Waals surface area (Å²) in [5.41, 5.74) is 0.145. The van der Waals surface area contributed by atoms with E-state index in [1.165, 1.54) is 62.1 Å². The summed E-state index contributed by atoms with van der Waals surface area (Å²) in [6, 6.07) is 11.2. The summed E-state index contributed by atoms with van der Waals surface area (Å²) in [4.78, 5) is 4.71. The van der Waals surface area contributed by atoms with Crippen molar-refractivity contribution >= 4 is 16.6 Å². The van der Waals surface area contributed by atoms with E-state index in [9.17, 15) is 5.11 Å². The molecule has 0 radical (unpaired) electrons. The minimum Gasteiger partial charge on any atom is -0.390 e. The third kappa shape index (κ3) is 2.92. The second kappa shape index (κ2) is 7.19. The fourth-order valence-electron chi connectivity index (χ4n) is 9.06. The first-order valence-electron chi connectivity index (χ1n) is 13.1. The van der Waals surface area contributed by atoms with Crippen molar-refractivity contribution in [1.82, 2.24) is 4.98 Å². The third-order valence-electron chi connectivity index (χ3n) is 11.2. The average Bonchev–Trinajstić information content (AvgIpc) is 3.03. The van der Waals surface area contributed by atoms with E-state index in [0.29, 0.717) is 11.5 Å². The van der Waals surface area contributed by atoms with Gasteiger partial charge in [-0.15, -0.1) is 0 Å². The fourth-order valence-corrected chi connectivity index (χ4v) is 9.06. The van der Waals surface area contributed by atoms with Gasteiger partial charge in [-0.05, 0) is 111 Å². The predicted octanol–water partition coefficient (Wildman–Crippen LogP) is 6.81. The Morgan fingerprint density at radius 1 is 0.906 bits per heavy atom. The van der Waals surface area contributed by atoms with Crippen LogP contribution in [0, 0.1) is 34.5 Å². The molecule has 0 amide bonds. The molecule has 1 unspecified atom stereocenters. The standard InChI is InChI=1S/C29H40N2O/c1-27-14-10-21(31-26-22-7-5-4-6-19(22)13-17-30-26)18-20(27)8-9-23-24(27)11-15-28(2)25(23)12-16-29(28,3)32/h4-7,13,17,20-21,23-25,32H,8-12,14-16,18H2,1-3H3,(H,30,31)/t20-,21?,23+,24-,25-,27-,28-,29-/m0/s1. The van der Waals surface area contributed by atoms with Crippen molar-refractivity contribution in [2.24, 2.45) is 34.5 Å². The molecule has 4 aliphatic rings. The lowest BCUT2D eigenvalue weighted by Crippen LogP contribution is -2.56. The highest BCUT2D eigenvalue weighted by molar-refractivity contribution is 5.91. The molecular weight excluding hydrogens is 392 g/mol. The van der Waals surface area contributed by atoms with Crippen LogP contribution in [0.5, 0.6) is 0 Å². The van der Waals surface area contributed by atoms with E-state index in [1.807, 2.05) is 6.20 Å². The monoisotopic (exact) mass is 432 g/mol. The normalized spacial score (nSPS) is 45.7. The van der Waals surface area contributed by atoms with Gasteiger partial charge in [0.2, 0.25) is 0 Å². The number of aliphatic hydroxyl groups is 1. The van der Waals surface area contributed by atoms with Gasteiger partial charge in [-0.3, -0.25) is 0 Å². The number of anilines is 1. The molecule has 1 aromatic carbocycles. The summed E-state index contributed by atoms with van der Waals surface area (Å²) in [5.74, 6) is 4.28. The summed E-state index contributed by atoms with van der Waals surface area (Å²) >= 11 is 0.